The lowest BCUT2D eigenvalue weighted by Crippen LogP contribution is -2.42. The van der Waals surface area contributed by atoms with E-state index < -0.39 is 6.04 Å². The first-order chi connectivity index (χ1) is 8.52. The van der Waals surface area contributed by atoms with E-state index in [1.54, 1.807) is 11.3 Å². The van der Waals surface area contributed by atoms with E-state index in [9.17, 15) is 4.79 Å². The number of aromatic nitrogens is 1. The van der Waals surface area contributed by atoms with Crippen LogP contribution in [0, 0.1) is 5.92 Å². The van der Waals surface area contributed by atoms with Gasteiger partial charge in [-0.1, -0.05) is 20.8 Å². The second-order valence-electron chi connectivity index (χ2n) is 4.85. The zero-order valence-corrected chi connectivity index (χ0v) is 12.2. The molecule has 1 heterocycles. The minimum Gasteiger partial charge on any atom is -0.354 e. The molecule has 1 rings (SSSR count). The largest absolute Gasteiger partial charge is 0.354 e. The fourth-order valence-electron chi connectivity index (χ4n) is 1.67. The molecule has 0 aliphatic carbocycles. The van der Waals surface area contributed by atoms with E-state index in [2.05, 4.69) is 31.1 Å². The Kier molecular flexibility index (Phi) is 6.29. The topological polar surface area (TPSA) is 68.0 Å². The Bertz CT molecular complexity index is 376. The van der Waals surface area contributed by atoms with Crippen molar-refractivity contribution in [2.45, 2.75) is 46.1 Å². The minimum atomic E-state index is -0.396. The predicted octanol–water partition coefficient (Wildman–Crippen LogP) is 1.74. The highest BCUT2D eigenvalue weighted by Crippen LogP contribution is 2.13. The zero-order valence-electron chi connectivity index (χ0n) is 11.4. The molecule has 0 aromatic carbocycles. The zero-order chi connectivity index (χ0) is 13.5. The lowest BCUT2D eigenvalue weighted by atomic mass is 10.0. The lowest BCUT2D eigenvalue weighted by Gasteiger charge is -2.13. The van der Waals surface area contributed by atoms with Gasteiger partial charge < -0.3 is 11.1 Å². The Balaban J connectivity index is 2.26. The Morgan fingerprint density at radius 3 is 2.83 bits per heavy atom. The molecule has 0 saturated heterocycles. The SMILES string of the molecule is CCc1cnc(CCNC(=O)[C@@H](N)CC(C)C)s1. The third-order valence-corrected chi connectivity index (χ3v) is 3.85. The maximum Gasteiger partial charge on any atom is 0.236 e. The molecule has 102 valence electrons. The summed E-state index contributed by atoms with van der Waals surface area (Å²) < 4.78 is 0. The average molecular weight is 269 g/mol. The number of carbonyl (C=O) groups is 1. The van der Waals surface area contributed by atoms with Gasteiger partial charge in [-0.2, -0.15) is 0 Å². The van der Waals surface area contributed by atoms with Gasteiger partial charge in [0.05, 0.1) is 11.0 Å². The van der Waals surface area contributed by atoms with E-state index in [-0.39, 0.29) is 5.91 Å². The maximum atomic E-state index is 11.7. The number of hydrogen-bond donors (Lipinski definition) is 2. The first-order valence-electron chi connectivity index (χ1n) is 6.49. The van der Waals surface area contributed by atoms with Gasteiger partial charge in [-0.25, -0.2) is 4.98 Å². The summed E-state index contributed by atoms with van der Waals surface area (Å²) in [5.41, 5.74) is 5.80. The van der Waals surface area contributed by atoms with Crippen LogP contribution in [0.3, 0.4) is 0 Å². The molecule has 5 heteroatoms. The molecule has 0 unspecified atom stereocenters. The number of nitrogens with two attached hydrogens (primary N) is 1. The summed E-state index contributed by atoms with van der Waals surface area (Å²) in [6.45, 7) is 6.86. The third-order valence-electron chi connectivity index (χ3n) is 2.65. The van der Waals surface area contributed by atoms with Gasteiger partial charge in [0.15, 0.2) is 0 Å². The van der Waals surface area contributed by atoms with Crippen molar-refractivity contribution >= 4 is 17.2 Å². The number of aryl methyl sites for hydroxylation is 1. The molecule has 0 radical (unpaired) electrons. The van der Waals surface area contributed by atoms with Crippen LogP contribution in [0.1, 0.15) is 37.1 Å². The summed E-state index contributed by atoms with van der Waals surface area (Å²) in [5, 5.41) is 3.94. The molecule has 0 aliphatic heterocycles. The van der Waals surface area contributed by atoms with Crippen molar-refractivity contribution in [2.24, 2.45) is 11.7 Å². The quantitative estimate of drug-likeness (QED) is 0.792. The van der Waals surface area contributed by atoms with Crippen LogP contribution in [0.4, 0.5) is 0 Å². The van der Waals surface area contributed by atoms with Gasteiger partial charge in [0.2, 0.25) is 5.91 Å². The summed E-state index contributed by atoms with van der Waals surface area (Å²) in [6.07, 6.45) is 4.43. The van der Waals surface area contributed by atoms with Crippen LogP contribution in [0.5, 0.6) is 0 Å². The summed E-state index contributed by atoms with van der Waals surface area (Å²) in [5.74, 6) is 0.382. The molecule has 0 aliphatic rings. The van der Waals surface area contributed by atoms with Crippen molar-refractivity contribution in [1.29, 1.82) is 0 Å². The molecule has 0 spiro atoms. The summed E-state index contributed by atoms with van der Waals surface area (Å²) in [6, 6.07) is -0.396. The molecule has 1 aromatic rings. The highest BCUT2D eigenvalue weighted by molar-refractivity contribution is 7.11. The van der Waals surface area contributed by atoms with Crippen molar-refractivity contribution in [2.75, 3.05) is 6.54 Å². The number of amides is 1. The highest BCUT2D eigenvalue weighted by Gasteiger charge is 2.14. The van der Waals surface area contributed by atoms with E-state index in [0.717, 1.165) is 24.3 Å². The summed E-state index contributed by atoms with van der Waals surface area (Å²) in [7, 11) is 0. The van der Waals surface area contributed by atoms with E-state index in [1.165, 1.54) is 4.88 Å². The van der Waals surface area contributed by atoms with E-state index >= 15 is 0 Å². The van der Waals surface area contributed by atoms with Gasteiger partial charge in [0.25, 0.3) is 0 Å². The van der Waals surface area contributed by atoms with Gasteiger partial charge in [-0.05, 0) is 18.8 Å². The number of rotatable bonds is 7. The molecule has 0 bridgehead atoms. The van der Waals surface area contributed by atoms with Gasteiger partial charge in [-0.3, -0.25) is 4.79 Å². The Morgan fingerprint density at radius 1 is 1.56 bits per heavy atom. The van der Waals surface area contributed by atoms with Crippen LogP contribution in [0.15, 0.2) is 6.20 Å². The van der Waals surface area contributed by atoms with E-state index in [4.69, 9.17) is 5.73 Å². The second kappa shape index (κ2) is 7.48. The molecular formula is C13H23N3OS. The standard InChI is InChI=1S/C13H23N3OS/c1-4-10-8-16-12(18-10)5-6-15-13(17)11(14)7-9(2)3/h8-9,11H,4-7,14H2,1-3H3,(H,15,17)/t11-/m0/s1. The van der Waals surface area contributed by atoms with Crippen molar-refractivity contribution in [3.63, 3.8) is 0 Å². The summed E-state index contributed by atoms with van der Waals surface area (Å²) in [4.78, 5) is 17.3. The van der Waals surface area contributed by atoms with Crippen LogP contribution in [0.2, 0.25) is 0 Å². The van der Waals surface area contributed by atoms with Crippen LogP contribution in [-0.2, 0) is 17.6 Å². The summed E-state index contributed by atoms with van der Waals surface area (Å²) >= 11 is 1.71. The van der Waals surface area contributed by atoms with Crippen molar-refractivity contribution < 1.29 is 4.79 Å². The smallest absolute Gasteiger partial charge is 0.236 e. The first kappa shape index (κ1) is 15.1. The monoisotopic (exact) mass is 269 g/mol. The molecule has 1 atom stereocenters. The fraction of sp³-hybridized carbons (Fsp3) is 0.692. The minimum absolute atomic E-state index is 0.0593. The molecule has 0 saturated carbocycles. The Labute approximate surface area is 113 Å². The molecular weight excluding hydrogens is 246 g/mol. The van der Waals surface area contributed by atoms with Crippen molar-refractivity contribution in [3.05, 3.63) is 16.1 Å². The second-order valence-corrected chi connectivity index (χ2v) is 6.05. The number of nitrogens with zero attached hydrogens (tertiary/aromatic N) is 1. The molecule has 4 nitrogen and oxygen atoms in total. The maximum absolute atomic E-state index is 11.7. The van der Waals surface area contributed by atoms with Crippen molar-refractivity contribution in [3.8, 4) is 0 Å². The number of thiazole rings is 1. The first-order valence-corrected chi connectivity index (χ1v) is 7.31. The third kappa shape index (κ3) is 5.14. The van der Waals surface area contributed by atoms with Gasteiger partial charge in [-0.15, -0.1) is 11.3 Å². The molecule has 1 aromatic heterocycles. The Morgan fingerprint density at radius 2 is 2.28 bits per heavy atom. The van der Waals surface area contributed by atoms with Gasteiger partial charge in [0.1, 0.15) is 0 Å². The number of hydrogen-bond acceptors (Lipinski definition) is 4. The van der Waals surface area contributed by atoms with Crippen LogP contribution in [-0.4, -0.2) is 23.5 Å². The molecule has 0 fully saturated rings. The van der Waals surface area contributed by atoms with Gasteiger partial charge in [0, 0.05) is 24.0 Å². The molecule has 18 heavy (non-hydrogen) atoms. The lowest BCUT2D eigenvalue weighted by molar-refractivity contribution is -0.122. The average Bonchev–Trinajstić information content (AvgIpc) is 2.76. The van der Waals surface area contributed by atoms with Crippen LogP contribution >= 0.6 is 11.3 Å². The van der Waals surface area contributed by atoms with Gasteiger partial charge >= 0.3 is 0 Å². The predicted molar refractivity (Wildman–Crippen MR) is 75.6 cm³/mol. The van der Waals surface area contributed by atoms with Crippen molar-refractivity contribution in [1.82, 2.24) is 10.3 Å². The normalized spacial score (nSPS) is 12.7. The number of carbonyl (C=O) groups excluding carboxylic acids is 1. The van der Waals surface area contributed by atoms with E-state index in [0.29, 0.717) is 12.5 Å². The number of nitrogens with one attached hydrogen (secondary N) is 1. The highest BCUT2D eigenvalue weighted by atomic mass is 32.1. The fourth-order valence-corrected chi connectivity index (χ4v) is 2.53. The van der Waals surface area contributed by atoms with Crippen LogP contribution in [0.25, 0.3) is 0 Å². The Hall–Kier alpha value is -0.940. The van der Waals surface area contributed by atoms with Crippen LogP contribution < -0.4 is 11.1 Å². The molecule has 1 amide bonds. The van der Waals surface area contributed by atoms with E-state index in [1.807, 2.05) is 6.20 Å². The molecule has 3 N–H and O–H groups in total.